The van der Waals surface area contributed by atoms with Crippen molar-refractivity contribution in [3.63, 3.8) is 0 Å². The molecule has 1 heterocycles. The van der Waals surface area contributed by atoms with Gasteiger partial charge in [0, 0.05) is 18.7 Å². The molecule has 0 saturated carbocycles. The summed E-state index contributed by atoms with van der Waals surface area (Å²) in [6.45, 7) is 4.16. The Morgan fingerprint density at radius 1 is 1.00 bits per heavy atom. The Hall–Kier alpha value is -2.60. The lowest BCUT2D eigenvalue weighted by Crippen LogP contribution is -2.13. The van der Waals surface area contributed by atoms with Gasteiger partial charge < -0.3 is 14.0 Å². The van der Waals surface area contributed by atoms with Gasteiger partial charge in [-0.15, -0.1) is 0 Å². The molecule has 1 amide bonds. The minimum absolute atomic E-state index is 0.326. The Kier molecular flexibility index (Phi) is 4.63. The minimum Gasteiger partial charge on any atom is -0.497 e. The minimum atomic E-state index is -0.326. The molecule has 0 atom stereocenters. The summed E-state index contributed by atoms with van der Waals surface area (Å²) in [5.41, 5.74) is 3.95. The Morgan fingerprint density at radius 3 is 2.20 bits per heavy atom. The van der Waals surface area contributed by atoms with Crippen molar-refractivity contribution in [1.82, 2.24) is 4.57 Å². The van der Waals surface area contributed by atoms with Gasteiger partial charge in [-0.3, -0.25) is 4.79 Å². The van der Waals surface area contributed by atoms with E-state index in [-0.39, 0.29) is 5.91 Å². The maximum absolute atomic E-state index is 12.6. The number of carbonyl (C=O) groups excluding carboxylic acids is 1. The van der Waals surface area contributed by atoms with Crippen LogP contribution in [0.25, 0.3) is 10.2 Å². The van der Waals surface area contributed by atoms with Crippen LogP contribution in [0.15, 0.2) is 35.3 Å². The topological polar surface area (TPSA) is 52.8 Å². The third-order valence-electron chi connectivity index (χ3n) is 4.22. The summed E-state index contributed by atoms with van der Waals surface area (Å²) in [6, 6.07) is 9.31. The average Bonchev–Trinajstić information content (AvgIpc) is 2.90. The zero-order chi connectivity index (χ0) is 18.1. The van der Waals surface area contributed by atoms with E-state index in [0.29, 0.717) is 21.9 Å². The van der Waals surface area contributed by atoms with Crippen LogP contribution in [0.1, 0.15) is 21.5 Å². The standard InChI is InChI=1S/C19H20N2O3S/c1-11-6-16-17(7-12(11)2)25-19(21(16)3)20-18(22)13-8-14(23-4)10-15(9-13)24-5/h6-10H,1-5H3. The van der Waals surface area contributed by atoms with E-state index in [9.17, 15) is 4.79 Å². The number of ether oxygens (including phenoxy) is 2. The number of hydrogen-bond donors (Lipinski definition) is 0. The van der Waals surface area contributed by atoms with Crippen molar-refractivity contribution in [3.05, 3.63) is 51.8 Å². The summed E-state index contributed by atoms with van der Waals surface area (Å²) < 4.78 is 13.5. The first-order valence-corrected chi connectivity index (χ1v) is 8.63. The molecule has 6 heteroatoms. The summed E-state index contributed by atoms with van der Waals surface area (Å²) >= 11 is 1.50. The average molecular weight is 356 g/mol. The van der Waals surface area contributed by atoms with Gasteiger partial charge in [0.15, 0.2) is 4.80 Å². The molecular weight excluding hydrogens is 336 g/mol. The van der Waals surface area contributed by atoms with Gasteiger partial charge in [-0.25, -0.2) is 0 Å². The number of hydrogen-bond acceptors (Lipinski definition) is 4. The number of amides is 1. The molecule has 0 bridgehead atoms. The molecule has 0 fully saturated rings. The number of methoxy groups -OCH3 is 2. The van der Waals surface area contributed by atoms with Crippen molar-refractivity contribution < 1.29 is 14.3 Å². The number of benzene rings is 2. The van der Waals surface area contributed by atoms with Crippen LogP contribution < -0.4 is 14.3 Å². The van der Waals surface area contributed by atoms with Gasteiger partial charge in [0.1, 0.15) is 11.5 Å². The highest BCUT2D eigenvalue weighted by atomic mass is 32.1. The van der Waals surface area contributed by atoms with E-state index in [2.05, 4.69) is 31.0 Å². The first kappa shape index (κ1) is 17.2. The van der Waals surface area contributed by atoms with Crippen LogP contribution in [-0.4, -0.2) is 24.7 Å². The van der Waals surface area contributed by atoms with Crippen LogP contribution in [0.2, 0.25) is 0 Å². The van der Waals surface area contributed by atoms with Crippen molar-refractivity contribution in [3.8, 4) is 11.5 Å². The third kappa shape index (κ3) is 3.30. The maximum Gasteiger partial charge on any atom is 0.279 e. The zero-order valence-electron chi connectivity index (χ0n) is 14.9. The number of carbonyl (C=O) groups is 1. The second kappa shape index (κ2) is 6.72. The highest BCUT2D eigenvalue weighted by Gasteiger charge is 2.11. The van der Waals surface area contributed by atoms with Gasteiger partial charge in [0.25, 0.3) is 5.91 Å². The Balaban J connectivity index is 2.10. The number of thiazole rings is 1. The second-order valence-electron chi connectivity index (χ2n) is 5.87. The monoisotopic (exact) mass is 356 g/mol. The Morgan fingerprint density at radius 2 is 1.60 bits per heavy atom. The van der Waals surface area contributed by atoms with Gasteiger partial charge in [0.05, 0.1) is 24.4 Å². The number of aromatic nitrogens is 1. The van der Waals surface area contributed by atoms with Crippen LogP contribution >= 0.6 is 11.3 Å². The predicted octanol–water partition coefficient (Wildman–Crippen LogP) is 3.61. The van der Waals surface area contributed by atoms with E-state index in [0.717, 1.165) is 10.2 Å². The molecule has 1 aromatic heterocycles. The van der Waals surface area contributed by atoms with Crippen molar-refractivity contribution >= 4 is 27.5 Å². The molecule has 3 rings (SSSR count). The molecule has 0 aliphatic rings. The summed E-state index contributed by atoms with van der Waals surface area (Å²) in [5.74, 6) is 0.794. The van der Waals surface area contributed by atoms with E-state index in [4.69, 9.17) is 9.47 Å². The normalized spacial score (nSPS) is 11.8. The molecule has 25 heavy (non-hydrogen) atoms. The van der Waals surface area contributed by atoms with Crippen LogP contribution in [0.5, 0.6) is 11.5 Å². The molecule has 0 unspecified atom stereocenters. The molecule has 5 nitrogen and oxygen atoms in total. The molecule has 0 spiro atoms. The second-order valence-corrected chi connectivity index (χ2v) is 6.88. The van der Waals surface area contributed by atoms with E-state index in [1.165, 1.54) is 22.5 Å². The molecule has 0 radical (unpaired) electrons. The first-order chi connectivity index (χ1) is 11.9. The smallest absolute Gasteiger partial charge is 0.279 e. The summed E-state index contributed by atoms with van der Waals surface area (Å²) in [4.78, 5) is 17.6. The van der Waals surface area contributed by atoms with Crippen molar-refractivity contribution in [2.75, 3.05) is 14.2 Å². The molecular formula is C19H20N2O3S. The molecule has 2 aromatic carbocycles. The van der Waals surface area contributed by atoms with E-state index in [1.54, 1.807) is 32.4 Å². The largest absolute Gasteiger partial charge is 0.497 e. The van der Waals surface area contributed by atoms with Gasteiger partial charge in [0.2, 0.25) is 0 Å². The highest BCUT2D eigenvalue weighted by molar-refractivity contribution is 7.16. The number of aryl methyl sites for hydroxylation is 3. The number of rotatable bonds is 3. The number of nitrogens with zero attached hydrogens (tertiary/aromatic N) is 2. The predicted molar refractivity (Wildman–Crippen MR) is 99.7 cm³/mol. The quantitative estimate of drug-likeness (QED) is 0.720. The molecule has 0 saturated heterocycles. The molecule has 3 aromatic rings. The van der Waals surface area contributed by atoms with Crippen LogP contribution in [0.4, 0.5) is 0 Å². The van der Waals surface area contributed by atoms with E-state index >= 15 is 0 Å². The fraction of sp³-hybridized carbons (Fsp3) is 0.263. The van der Waals surface area contributed by atoms with Crippen molar-refractivity contribution in [2.45, 2.75) is 13.8 Å². The summed E-state index contributed by atoms with van der Waals surface area (Å²) in [7, 11) is 5.03. The fourth-order valence-corrected chi connectivity index (χ4v) is 3.66. The molecule has 130 valence electrons. The number of fused-ring (bicyclic) bond motifs is 1. The van der Waals surface area contributed by atoms with Crippen LogP contribution in [-0.2, 0) is 7.05 Å². The lowest BCUT2D eigenvalue weighted by molar-refractivity contribution is 0.0997. The first-order valence-electron chi connectivity index (χ1n) is 7.82. The van der Waals surface area contributed by atoms with Crippen molar-refractivity contribution in [1.29, 1.82) is 0 Å². The summed E-state index contributed by atoms with van der Waals surface area (Å²) in [5, 5.41) is 0. The maximum atomic E-state index is 12.6. The van der Waals surface area contributed by atoms with Gasteiger partial charge in [-0.05, 0) is 49.2 Å². The SMILES string of the molecule is COc1cc(OC)cc(C(=O)N=c2sc3cc(C)c(C)cc3n2C)c1. The van der Waals surface area contributed by atoms with Crippen LogP contribution in [0, 0.1) is 13.8 Å². The highest BCUT2D eigenvalue weighted by Crippen LogP contribution is 2.24. The van der Waals surface area contributed by atoms with Crippen LogP contribution in [0.3, 0.4) is 0 Å². The lowest BCUT2D eigenvalue weighted by atomic mass is 10.1. The van der Waals surface area contributed by atoms with Gasteiger partial charge >= 0.3 is 0 Å². The molecule has 0 aliphatic carbocycles. The van der Waals surface area contributed by atoms with Gasteiger partial charge in [-0.1, -0.05) is 11.3 Å². The van der Waals surface area contributed by atoms with E-state index in [1.807, 2.05) is 11.6 Å². The third-order valence-corrected chi connectivity index (χ3v) is 5.32. The fourth-order valence-electron chi connectivity index (χ4n) is 2.57. The lowest BCUT2D eigenvalue weighted by Gasteiger charge is -2.06. The van der Waals surface area contributed by atoms with Gasteiger partial charge in [-0.2, -0.15) is 4.99 Å². The molecule has 0 aliphatic heterocycles. The Labute approximate surface area is 150 Å². The van der Waals surface area contributed by atoms with Crippen molar-refractivity contribution in [2.24, 2.45) is 12.0 Å². The summed E-state index contributed by atoms with van der Waals surface area (Å²) in [6.07, 6.45) is 0. The zero-order valence-corrected chi connectivity index (χ0v) is 15.7. The Bertz CT molecular complexity index is 1010. The van der Waals surface area contributed by atoms with E-state index < -0.39 is 0 Å². The molecule has 0 N–H and O–H groups in total.